The summed E-state index contributed by atoms with van der Waals surface area (Å²) in [7, 11) is -2.52. The molecule has 0 heterocycles. The van der Waals surface area contributed by atoms with Crippen LogP contribution in [0.1, 0.15) is 11.1 Å². The summed E-state index contributed by atoms with van der Waals surface area (Å²) in [6.07, 6.45) is -9.25. The van der Waals surface area contributed by atoms with E-state index in [2.05, 4.69) is 0 Å². The molecule has 0 spiro atoms. The van der Waals surface area contributed by atoms with Gasteiger partial charge >= 0.3 is 12.4 Å². The number of hydrogen-bond acceptors (Lipinski definition) is 0. The molecule has 18 heavy (non-hydrogen) atoms. The monoisotopic (exact) mass is 286 g/mol. The summed E-state index contributed by atoms with van der Waals surface area (Å²) in [5.41, 5.74) is -2.00. The van der Waals surface area contributed by atoms with Crippen LogP contribution in [0.4, 0.5) is 26.3 Å². The van der Waals surface area contributed by atoms with E-state index in [1.807, 2.05) is 0 Å². The second kappa shape index (κ2) is 4.29. The third-order valence-electron chi connectivity index (χ3n) is 2.46. The van der Waals surface area contributed by atoms with Crippen molar-refractivity contribution in [3.63, 3.8) is 0 Å². The molecular weight excluding hydrogens is 274 g/mol. The molecular formula is C11H12F6Si. The zero-order valence-corrected chi connectivity index (χ0v) is 11.0. The van der Waals surface area contributed by atoms with Gasteiger partial charge in [-0.1, -0.05) is 25.7 Å². The van der Waals surface area contributed by atoms with Crippen molar-refractivity contribution in [2.45, 2.75) is 32.0 Å². The highest BCUT2D eigenvalue weighted by molar-refractivity contribution is 6.89. The Morgan fingerprint density at radius 3 is 1.67 bits per heavy atom. The number of benzene rings is 1. The minimum atomic E-state index is -4.63. The van der Waals surface area contributed by atoms with Crippen LogP contribution in [0.15, 0.2) is 18.2 Å². The minimum absolute atomic E-state index is 0.218. The fourth-order valence-electron chi connectivity index (χ4n) is 1.59. The maximum atomic E-state index is 12.7. The van der Waals surface area contributed by atoms with Crippen LogP contribution in [0.3, 0.4) is 0 Å². The van der Waals surface area contributed by atoms with Crippen LogP contribution in [0.2, 0.25) is 19.6 Å². The van der Waals surface area contributed by atoms with Crippen molar-refractivity contribution in [1.82, 2.24) is 0 Å². The third kappa shape index (κ3) is 3.27. The van der Waals surface area contributed by atoms with Gasteiger partial charge in [0.2, 0.25) is 0 Å². The van der Waals surface area contributed by atoms with Crippen LogP contribution in [0.25, 0.3) is 0 Å². The smallest absolute Gasteiger partial charge is 0.166 e. The van der Waals surface area contributed by atoms with Crippen molar-refractivity contribution < 1.29 is 26.3 Å². The Hall–Kier alpha value is -0.983. The predicted octanol–water partition coefficient (Wildman–Crippen LogP) is 4.27. The fourth-order valence-corrected chi connectivity index (χ4v) is 3.21. The molecule has 0 bridgehead atoms. The van der Waals surface area contributed by atoms with Gasteiger partial charge in [0.25, 0.3) is 0 Å². The highest BCUT2D eigenvalue weighted by atomic mass is 28.3. The van der Waals surface area contributed by atoms with Crippen LogP contribution in [0.5, 0.6) is 0 Å². The molecule has 1 aromatic carbocycles. The first kappa shape index (κ1) is 15.1. The van der Waals surface area contributed by atoms with E-state index in [1.165, 1.54) is 0 Å². The van der Waals surface area contributed by atoms with Crippen LogP contribution < -0.4 is 5.19 Å². The Morgan fingerprint density at radius 1 is 0.833 bits per heavy atom. The summed E-state index contributed by atoms with van der Waals surface area (Å²) < 4.78 is 75.8. The zero-order chi connectivity index (χ0) is 14.4. The second-order valence-electron chi connectivity index (χ2n) is 5.01. The zero-order valence-electron chi connectivity index (χ0n) is 10.00. The Kier molecular flexibility index (Phi) is 3.59. The first-order chi connectivity index (χ1) is 7.83. The van der Waals surface area contributed by atoms with E-state index in [0.717, 1.165) is 0 Å². The Labute approximate surface area is 102 Å². The Bertz CT molecular complexity index is 438. The summed E-state index contributed by atoms with van der Waals surface area (Å²) >= 11 is 0. The average Bonchev–Trinajstić information content (AvgIpc) is 2.12. The Balaban J connectivity index is 3.50. The highest BCUT2D eigenvalue weighted by Gasteiger charge is 2.39. The van der Waals surface area contributed by atoms with Crippen molar-refractivity contribution in [1.29, 1.82) is 0 Å². The lowest BCUT2D eigenvalue weighted by atomic mass is 10.1. The molecule has 1 rings (SSSR count). The van der Waals surface area contributed by atoms with Crippen LogP contribution in [-0.4, -0.2) is 8.07 Å². The first-order valence-electron chi connectivity index (χ1n) is 5.12. The van der Waals surface area contributed by atoms with Crippen molar-refractivity contribution in [3.05, 3.63) is 29.3 Å². The van der Waals surface area contributed by atoms with Crippen molar-refractivity contribution in [2.75, 3.05) is 0 Å². The highest BCUT2D eigenvalue weighted by Crippen LogP contribution is 2.34. The second-order valence-corrected chi connectivity index (χ2v) is 10.0. The lowest BCUT2D eigenvalue weighted by Gasteiger charge is -2.23. The van der Waals surface area contributed by atoms with Gasteiger partial charge in [-0.05, 0) is 17.3 Å². The maximum absolute atomic E-state index is 12.7. The van der Waals surface area contributed by atoms with E-state index in [-0.39, 0.29) is 5.19 Å². The normalized spacial score (nSPS) is 13.8. The molecule has 0 aliphatic rings. The lowest BCUT2D eigenvalue weighted by Crippen LogP contribution is -2.42. The van der Waals surface area contributed by atoms with Crippen LogP contribution >= 0.6 is 0 Å². The Morgan fingerprint density at radius 2 is 1.33 bits per heavy atom. The molecule has 1 aromatic rings. The largest absolute Gasteiger partial charge is 0.416 e. The van der Waals surface area contributed by atoms with Gasteiger partial charge in [0.1, 0.15) is 0 Å². The summed E-state index contributed by atoms with van der Waals surface area (Å²) in [6.45, 7) is 4.74. The van der Waals surface area contributed by atoms with Crippen molar-refractivity contribution in [2.24, 2.45) is 0 Å². The lowest BCUT2D eigenvalue weighted by molar-refractivity contribution is -0.140. The molecule has 7 heteroatoms. The molecule has 102 valence electrons. The first-order valence-corrected chi connectivity index (χ1v) is 8.62. The van der Waals surface area contributed by atoms with Crippen molar-refractivity contribution >= 4 is 13.3 Å². The SMILES string of the molecule is C[Si](C)(C)c1cc(C(F)(F)F)ccc1C(F)(F)F. The van der Waals surface area contributed by atoms with E-state index in [4.69, 9.17) is 0 Å². The summed E-state index contributed by atoms with van der Waals surface area (Å²) in [6, 6.07) is 1.64. The number of halogens is 6. The van der Waals surface area contributed by atoms with E-state index < -0.39 is 31.6 Å². The molecule has 0 amide bonds. The number of rotatable bonds is 1. The van der Waals surface area contributed by atoms with Crippen molar-refractivity contribution in [3.8, 4) is 0 Å². The van der Waals surface area contributed by atoms with Gasteiger partial charge in [-0.15, -0.1) is 0 Å². The molecule has 0 aliphatic carbocycles. The molecule has 0 atom stereocenters. The number of alkyl halides is 6. The van der Waals surface area contributed by atoms with E-state index in [9.17, 15) is 26.3 Å². The fraction of sp³-hybridized carbons (Fsp3) is 0.455. The summed E-state index contributed by atoms with van der Waals surface area (Å²) in [5, 5.41) is -0.218. The van der Waals surface area contributed by atoms with E-state index in [1.54, 1.807) is 19.6 Å². The van der Waals surface area contributed by atoms with Gasteiger partial charge in [0.05, 0.1) is 19.2 Å². The van der Waals surface area contributed by atoms with Gasteiger partial charge < -0.3 is 0 Å². The van der Waals surface area contributed by atoms with Gasteiger partial charge in [0.15, 0.2) is 0 Å². The standard InChI is InChI=1S/C11H12F6Si/c1-18(2,3)9-6-7(10(12,13)14)4-5-8(9)11(15,16)17/h4-6H,1-3H3. The molecule has 0 N–H and O–H groups in total. The van der Waals surface area contributed by atoms with Gasteiger partial charge in [0, 0.05) is 0 Å². The van der Waals surface area contributed by atoms with Gasteiger partial charge in [-0.25, -0.2) is 0 Å². The molecule has 0 radical (unpaired) electrons. The molecule has 0 aromatic heterocycles. The van der Waals surface area contributed by atoms with Gasteiger partial charge in [-0.2, -0.15) is 26.3 Å². The predicted molar refractivity (Wildman–Crippen MR) is 59.4 cm³/mol. The molecule has 0 saturated carbocycles. The van der Waals surface area contributed by atoms with E-state index >= 15 is 0 Å². The third-order valence-corrected chi connectivity index (χ3v) is 4.49. The minimum Gasteiger partial charge on any atom is -0.166 e. The summed E-state index contributed by atoms with van der Waals surface area (Å²) in [4.78, 5) is 0. The van der Waals surface area contributed by atoms with Crippen LogP contribution in [0, 0.1) is 0 Å². The maximum Gasteiger partial charge on any atom is 0.416 e. The van der Waals surface area contributed by atoms with E-state index in [0.29, 0.717) is 18.2 Å². The number of hydrogen-bond donors (Lipinski definition) is 0. The molecule has 0 aliphatic heterocycles. The molecule has 0 unspecified atom stereocenters. The van der Waals surface area contributed by atoms with Gasteiger partial charge in [-0.3, -0.25) is 0 Å². The molecule has 0 nitrogen and oxygen atoms in total. The topological polar surface area (TPSA) is 0 Å². The molecule has 0 fully saturated rings. The van der Waals surface area contributed by atoms with Crippen LogP contribution in [-0.2, 0) is 12.4 Å². The average molecular weight is 286 g/mol. The summed E-state index contributed by atoms with van der Waals surface area (Å²) in [5.74, 6) is 0. The molecule has 0 saturated heterocycles. The quantitative estimate of drug-likeness (QED) is 0.534.